The maximum absolute atomic E-state index is 12.2. The van der Waals surface area contributed by atoms with Gasteiger partial charge in [-0.15, -0.1) is 0 Å². The topological polar surface area (TPSA) is 177 Å². The van der Waals surface area contributed by atoms with Gasteiger partial charge in [0.15, 0.2) is 11.7 Å². The molecule has 1 fully saturated rings. The zero-order valence-electron chi connectivity index (χ0n) is 16.7. The summed E-state index contributed by atoms with van der Waals surface area (Å²) in [6, 6.07) is 0. The highest BCUT2D eigenvalue weighted by atomic mass is 79.9. The Hall–Kier alpha value is -2.28. The third kappa shape index (κ3) is 3.75. The predicted octanol–water partition coefficient (Wildman–Crippen LogP) is 0.304. The summed E-state index contributed by atoms with van der Waals surface area (Å²) in [7, 11) is 0. The maximum atomic E-state index is 12.2. The molecule has 1 saturated heterocycles. The average molecular weight is 486 g/mol. The number of aliphatic hydroxyl groups excluding tert-OH is 2. The van der Waals surface area contributed by atoms with Gasteiger partial charge < -0.3 is 30.4 Å². The van der Waals surface area contributed by atoms with Crippen LogP contribution >= 0.6 is 15.9 Å². The third-order valence-corrected chi connectivity index (χ3v) is 6.01. The molecule has 0 spiro atoms. The number of hydrogen-bond acceptors (Lipinski definition) is 8. The van der Waals surface area contributed by atoms with Gasteiger partial charge in [-0.05, 0) is 36.2 Å². The van der Waals surface area contributed by atoms with E-state index < -0.39 is 41.8 Å². The van der Waals surface area contributed by atoms with E-state index in [0.717, 1.165) is 0 Å². The number of primary amides is 1. The molecule has 0 aromatic carbocycles. The van der Waals surface area contributed by atoms with Crippen LogP contribution in [0, 0.1) is 10.8 Å². The number of fused-ring (bicyclic) bond motifs is 1. The fourth-order valence-electron chi connectivity index (χ4n) is 3.14. The molecule has 6 N–H and O–H groups in total. The van der Waals surface area contributed by atoms with Crippen molar-refractivity contribution < 1.29 is 29.3 Å². The Bertz CT molecular complexity index is 1050. The minimum Gasteiger partial charge on any atom is -0.462 e. The Balaban J connectivity index is 1.90. The van der Waals surface area contributed by atoms with Crippen molar-refractivity contribution in [3.8, 4) is 0 Å². The first-order valence-electron chi connectivity index (χ1n) is 9.31. The molecule has 3 rings (SSSR count). The molecular formula is C18H24BrN5O6. The number of nitrogens with zero attached hydrogens (tertiary/aromatic N) is 2. The van der Waals surface area contributed by atoms with E-state index in [-0.39, 0.29) is 33.3 Å². The molecule has 164 valence electrons. The number of nitrogens with two attached hydrogens (primary N) is 1. The second-order valence-electron chi connectivity index (χ2n) is 7.78. The molecule has 30 heavy (non-hydrogen) atoms. The summed E-state index contributed by atoms with van der Waals surface area (Å²) < 4.78 is 12.6. The summed E-state index contributed by atoms with van der Waals surface area (Å²) in [5, 5.41) is 29.1. The Morgan fingerprint density at radius 2 is 2.10 bits per heavy atom. The van der Waals surface area contributed by atoms with Crippen LogP contribution in [0.5, 0.6) is 0 Å². The minimum absolute atomic E-state index is 0.0390. The van der Waals surface area contributed by atoms with E-state index in [1.807, 2.05) is 6.92 Å². The van der Waals surface area contributed by atoms with Crippen molar-refractivity contribution in [2.45, 2.75) is 51.7 Å². The summed E-state index contributed by atoms with van der Waals surface area (Å²) >= 11 is 3.20. The first-order valence-corrected chi connectivity index (χ1v) is 10.1. The number of ether oxygens (including phenoxy) is 2. The number of esters is 1. The van der Waals surface area contributed by atoms with Gasteiger partial charge in [-0.2, -0.15) is 0 Å². The average Bonchev–Trinajstić information content (AvgIpc) is 3.18. The first kappa shape index (κ1) is 22.4. The number of carbonyl (C=O) groups excluding carboxylic acids is 2. The zero-order valence-corrected chi connectivity index (χ0v) is 18.3. The molecule has 3 heterocycles. The monoisotopic (exact) mass is 485 g/mol. The number of H-pyrrole nitrogens is 1. The Labute approximate surface area is 179 Å². The Morgan fingerprint density at radius 3 is 2.70 bits per heavy atom. The van der Waals surface area contributed by atoms with E-state index in [0.29, 0.717) is 6.42 Å². The molecular weight excluding hydrogens is 462 g/mol. The van der Waals surface area contributed by atoms with E-state index in [2.05, 4.69) is 25.9 Å². The number of aromatic nitrogens is 3. The molecule has 1 aliphatic heterocycles. The van der Waals surface area contributed by atoms with Crippen LogP contribution in [-0.2, 0) is 14.3 Å². The molecule has 1 amide bonds. The number of amides is 1. The predicted molar refractivity (Wildman–Crippen MR) is 107 cm³/mol. The van der Waals surface area contributed by atoms with Crippen molar-refractivity contribution in [2.24, 2.45) is 11.1 Å². The van der Waals surface area contributed by atoms with E-state index in [9.17, 15) is 19.8 Å². The summed E-state index contributed by atoms with van der Waals surface area (Å²) in [6.45, 7) is 5.12. The van der Waals surface area contributed by atoms with E-state index in [4.69, 9.17) is 20.6 Å². The van der Waals surface area contributed by atoms with Crippen molar-refractivity contribution in [3.63, 3.8) is 0 Å². The maximum Gasteiger partial charge on any atom is 0.311 e. The molecule has 12 heteroatoms. The van der Waals surface area contributed by atoms with Crippen LogP contribution in [0.1, 0.15) is 43.8 Å². The Morgan fingerprint density at radius 1 is 1.43 bits per heavy atom. The highest BCUT2D eigenvalue weighted by Crippen LogP contribution is 2.33. The number of aliphatic hydroxyl groups is 2. The number of aromatic amines is 1. The van der Waals surface area contributed by atoms with Gasteiger partial charge in [0.25, 0.3) is 5.91 Å². The molecule has 0 radical (unpaired) electrons. The van der Waals surface area contributed by atoms with Gasteiger partial charge in [0, 0.05) is 0 Å². The van der Waals surface area contributed by atoms with Gasteiger partial charge in [-0.1, -0.05) is 6.92 Å². The zero-order chi connectivity index (χ0) is 22.4. The summed E-state index contributed by atoms with van der Waals surface area (Å²) in [5.41, 5.74) is 4.81. The quantitative estimate of drug-likeness (QED) is 0.365. The minimum atomic E-state index is -1.38. The van der Waals surface area contributed by atoms with Crippen LogP contribution in [0.3, 0.4) is 0 Å². The van der Waals surface area contributed by atoms with E-state index in [1.165, 1.54) is 10.9 Å². The van der Waals surface area contributed by atoms with Crippen molar-refractivity contribution in [2.75, 3.05) is 6.61 Å². The lowest BCUT2D eigenvalue weighted by Gasteiger charge is -2.22. The largest absolute Gasteiger partial charge is 0.462 e. The first-order chi connectivity index (χ1) is 14.0. The molecule has 0 unspecified atom stereocenters. The fourth-order valence-corrected chi connectivity index (χ4v) is 3.72. The van der Waals surface area contributed by atoms with Crippen LogP contribution in [0.15, 0.2) is 10.9 Å². The fraction of sp³-hybridized carbons (Fsp3) is 0.556. The van der Waals surface area contributed by atoms with E-state index in [1.54, 1.807) is 13.8 Å². The lowest BCUT2D eigenvalue weighted by Crippen LogP contribution is -2.36. The number of rotatable bonds is 6. The van der Waals surface area contributed by atoms with Crippen LogP contribution in [-0.4, -0.2) is 61.5 Å². The molecule has 0 aliphatic carbocycles. The molecule has 11 nitrogen and oxygen atoms in total. The normalized spacial score (nSPS) is 24.3. The van der Waals surface area contributed by atoms with Gasteiger partial charge in [0.1, 0.15) is 36.9 Å². The second kappa shape index (κ2) is 8.10. The van der Waals surface area contributed by atoms with Crippen molar-refractivity contribution >= 4 is 38.8 Å². The van der Waals surface area contributed by atoms with Crippen LogP contribution < -0.4 is 11.2 Å². The van der Waals surface area contributed by atoms with Crippen molar-refractivity contribution in [3.05, 3.63) is 22.0 Å². The number of hydrogen-bond donors (Lipinski definition) is 5. The molecule has 0 saturated carbocycles. The summed E-state index contributed by atoms with van der Waals surface area (Å²) in [6.07, 6.45) is -2.97. The SMILES string of the molecule is CCC(C)(C)C(=O)OC[C@@H]1O[C@H](n2cnc(=N)c3c(C(N)=O)c(Br)[nH]c32)[C@@H](O)[C@@H]1O. The van der Waals surface area contributed by atoms with Crippen molar-refractivity contribution in [1.29, 1.82) is 5.41 Å². The molecule has 1 aliphatic rings. The molecule has 2 aromatic heterocycles. The van der Waals surface area contributed by atoms with Gasteiger partial charge in [0.05, 0.1) is 21.0 Å². The number of nitrogens with one attached hydrogen (secondary N) is 2. The second-order valence-corrected chi connectivity index (χ2v) is 8.58. The third-order valence-electron chi connectivity index (χ3n) is 5.41. The van der Waals surface area contributed by atoms with Crippen LogP contribution in [0.4, 0.5) is 0 Å². The van der Waals surface area contributed by atoms with Gasteiger partial charge in [-0.3, -0.25) is 19.6 Å². The highest BCUT2D eigenvalue weighted by molar-refractivity contribution is 9.10. The molecule has 0 bridgehead atoms. The number of carbonyl (C=O) groups is 2. The van der Waals surface area contributed by atoms with Crippen molar-refractivity contribution in [1.82, 2.24) is 14.5 Å². The number of halogens is 1. The van der Waals surface area contributed by atoms with Crippen LogP contribution in [0.2, 0.25) is 0 Å². The summed E-state index contributed by atoms with van der Waals surface area (Å²) in [5.74, 6) is -1.20. The van der Waals surface area contributed by atoms with Gasteiger partial charge >= 0.3 is 5.97 Å². The summed E-state index contributed by atoms with van der Waals surface area (Å²) in [4.78, 5) is 30.8. The molecule has 2 aromatic rings. The smallest absolute Gasteiger partial charge is 0.311 e. The van der Waals surface area contributed by atoms with E-state index >= 15 is 0 Å². The molecule has 4 atom stereocenters. The van der Waals surface area contributed by atoms with Crippen LogP contribution in [0.25, 0.3) is 11.0 Å². The van der Waals surface area contributed by atoms with Gasteiger partial charge in [-0.25, -0.2) is 4.98 Å². The Kier molecular flexibility index (Phi) is 6.05. The lowest BCUT2D eigenvalue weighted by molar-refractivity contribution is -0.160. The standard InChI is InChI=1S/C18H24BrN5O6/c1-4-18(2,3)17(28)29-5-7-10(25)11(26)16(30-7)24-6-22-13(20)9-8(14(21)27)12(19)23-15(9)24/h6-7,10-11,16,20,23,25-26H,4-5H2,1-3H3,(H2,21,27)/t7-,10+,11-,16-/m0/s1. The highest BCUT2D eigenvalue weighted by Gasteiger charge is 2.45. The lowest BCUT2D eigenvalue weighted by atomic mass is 9.91. The van der Waals surface area contributed by atoms with Gasteiger partial charge in [0.2, 0.25) is 0 Å².